The summed E-state index contributed by atoms with van der Waals surface area (Å²) in [6.07, 6.45) is -3.40. The van der Waals surface area contributed by atoms with E-state index in [0.717, 1.165) is 12.1 Å². The summed E-state index contributed by atoms with van der Waals surface area (Å²) in [5.41, 5.74) is -0.330. The minimum absolute atomic E-state index is 0.118. The number of halogens is 4. The number of anilines is 1. The van der Waals surface area contributed by atoms with E-state index in [2.05, 4.69) is 9.71 Å². The fourth-order valence-electron chi connectivity index (χ4n) is 2.22. The largest absolute Gasteiger partial charge is 0.416 e. The molecule has 2 aromatic carbocycles. The second kappa shape index (κ2) is 6.20. The molecule has 0 radical (unpaired) electrons. The highest BCUT2D eigenvalue weighted by Crippen LogP contribution is 2.34. The first-order valence-electron chi connectivity index (χ1n) is 6.91. The van der Waals surface area contributed by atoms with Gasteiger partial charge in [0.25, 0.3) is 10.0 Å². The van der Waals surface area contributed by atoms with Crippen molar-refractivity contribution in [1.82, 2.24) is 4.98 Å². The van der Waals surface area contributed by atoms with Crippen LogP contribution in [0.2, 0.25) is 5.02 Å². The Morgan fingerprint density at radius 3 is 2.48 bits per heavy atom. The highest BCUT2D eigenvalue weighted by molar-refractivity contribution is 7.92. The monoisotopic (exact) mass is 386 g/mol. The third-order valence-electron chi connectivity index (χ3n) is 3.39. The molecule has 0 amide bonds. The molecule has 130 valence electrons. The van der Waals surface area contributed by atoms with Gasteiger partial charge < -0.3 is 0 Å². The first kappa shape index (κ1) is 17.5. The minimum Gasteiger partial charge on any atom is -0.278 e. The van der Waals surface area contributed by atoms with Crippen LogP contribution in [-0.2, 0) is 16.2 Å². The van der Waals surface area contributed by atoms with Crippen LogP contribution in [0.15, 0.2) is 59.6 Å². The molecular formula is C16H10ClF3N2O2S. The van der Waals surface area contributed by atoms with Crippen molar-refractivity contribution in [3.63, 3.8) is 0 Å². The van der Waals surface area contributed by atoms with Crippen molar-refractivity contribution in [3.8, 4) is 0 Å². The smallest absolute Gasteiger partial charge is 0.278 e. The molecule has 1 heterocycles. The molecule has 0 aliphatic heterocycles. The maximum atomic E-state index is 12.8. The number of rotatable bonds is 3. The Kier molecular flexibility index (Phi) is 4.34. The van der Waals surface area contributed by atoms with Crippen molar-refractivity contribution < 1.29 is 21.6 Å². The molecule has 1 aromatic heterocycles. The van der Waals surface area contributed by atoms with Gasteiger partial charge in [0.1, 0.15) is 4.90 Å². The molecule has 0 saturated carbocycles. The number of sulfonamides is 1. The van der Waals surface area contributed by atoms with E-state index in [1.807, 2.05) is 0 Å². The van der Waals surface area contributed by atoms with Crippen LogP contribution in [0, 0.1) is 0 Å². The van der Waals surface area contributed by atoms with Crippen LogP contribution in [0.3, 0.4) is 0 Å². The lowest BCUT2D eigenvalue weighted by Crippen LogP contribution is -2.15. The van der Waals surface area contributed by atoms with Gasteiger partial charge in [-0.25, -0.2) is 8.42 Å². The zero-order valence-electron chi connectivity index (χ0n) is 12.4. The van der Waals surface area contributed by atoms with E-state index in [1.165, 1.54) is 12.3 Å². The molecule has 0 bridgehead atoms. The first-order valence-corrected chi connectivity index (χ1v) is 8.77. The summed E-state index contributed by atoms with van der Waals surface area (Å²) in [6.45, 7) is 0. The van der Waals surface area contributed by atoms with E-state index in [0.29, 0.717) is 17.0 Å². The Hall–Kier alpha value is -2.32. The van der Waals surface area contributed by atoms with Crippen molar-refractivity contribution in [2.24, 2.45) is 0 Å². The maximum absolute atomic E-state index is 12.8. The Balaban J connectivity index is 2.01. The van der Waals surface area contributed by atoms with Crippen LogP contribution < -0.4 is 4.72 Å². The molecule has 0 spiro atoms. The number of benzene rings is 2. The zero-order chi connectivity index (χ0) is 18.2. The molecule has 4 nitrogen and oxygen atoms in total. The summed E-state index contributed by atoms with van der Waals surface area (Å²) in [7, 11) is -4.32. The van der Waals surface area contributed by atoms with Crippen molar-refractivity contribution in [3.05, 3.63) is 65.3 Å². The lowest BCUT2D eigenvalue weighted by Gasteiger charge is -2.12. The fourth-order valence-corrected chi connectivity index (χ4v) is 3.78. The van der Waals surface area contributed by atoms with Crippen molar-refractivity contribution >= 4 is 38.2 Å². The summed E-state index contributed by atoms with van der Waals surface area (Å²) in [5.74, 6) is 0. The third-order valence-corrected chi connectivity index (χ3v) is 5.25. The maximum Gasteiger partial charge on any atom is 0.416 e. The number of pyridine rings is 1. The lowest BCUT2D eigenvalue weighted by atomic mass is 10.2. The van der Waals surface area contributed by atoms with Crippen LogP contribution in [0.5, 0.6) is 0 Å². The molecule has 0 fully saturated rings. The van der Waals surface area contributed by atoms with Gasteiger partial charge in [0, 0.05) is 5.39 Å². The second-order valence-corrected chi connectivity index (χ2v) is 7.22. The SMILES string of the molecule is O=S(=O)(Nc1cnc2ccccc2c1)c1cc(C(F)(F)F)ccc1Cl. The number of nitrogens with zero attached hydrogens (tertiary/aromatic N) is 1. The normalized spacial score (nSPS) is 12.3. The number of nitrogens with one attached hydrogen (secondary N) is 1. The van der Waals surface area contributed by atoms with Crippen molar-refractivity contribution in [1.29, 1.82) is 0 Å². The van der Waals surface area contributed by atoms with Crippen LogP contribution >= 0.6 is 11.6 Å². The molecule has 9 heteroatoms. The number of hydrogen-bond donors (Lipinski definition) is 1. The van der Waals surface area contributed by atoms with E-state index in [4.69, 9.17) is 11.6 Å². The predicted molar refractivity (Wildman–Crippen MR) is 89.0 cm³/mol. The number of aromatic nitrogens is 1. The van der Waals surface area contributed by atoms with Gasteiger partial charge in [0.15, 0.2) is 0 Å². The Morgan fingerprint density at radius 1 is 1.04 bits per heavy atom. The van der Waals surface area contributed by atoms with Gasteiger partial charge in [-0.15, -0.1) is 0 Å². The lowest BCUT2D eigenvalue weighted by molar-refractivity contribution is -0.137. The predicted octanol–water partition coefficient (Wildman–Crippen LogP) is 4.71. The summed E-state index contributed by atoms with van der Waals surface area (Å²) in [4.78, 5) is 3.44. The molecular weight excluding hydrogens is 377 g/mol. The summed E-state index contributed by atoms with van der Waals surface area (Å²) in [5, 5.41) is 0.368. The Labute approximate surface area is 146 Å². The molecule has 25 heavy (non-hydrogen) atoms. The Morgan fingerprint density at radius 2 is 1.76 bits per heavy atom. The molecule has 0 aliphatic rings. The van der Waals surface area contributed by atoms with Gasteiger partial charge in [-0.1, -0.05) is 29.8 Å². The van der Waals surface area contributed by atoms with E-state index in [9.17, 15) is 21.6 Å². The molecule has 1 N–H and O–H groups in total. The topological polar surface area (TPSA) is 59.1 Å². The summed E-state index contributed by atoms with van der Waals surface area (Å²) in [6, 6.07) is 10.7. The minimum atomic E-state index is -4.68. The molecule has 3 aromatic rings. The van der Waals surface area contributed by atoms with Gasteiger partial charge in [0.05, 0.1) is 28.0 Å². The average molecular weight is 387 g/mol. The van der Waals surface area contributed by atoms with Crippen LogP contribution in [0.4, 0.5) is 18.9 Å². The van der Waals surface area contributed by atoms with Crippen LogP contribution in [0.25, 0.3) is 10.9 Å². The number of para-hydroxylation sites is 1. The molecule has 0 unspecified atom stereocenters. The van der Waals surface area contributed by atoms with Crippen LogP contribution in [0.1, 0.15) is 5.56 Å². The van der Waals surface area contributed by atoms with Gasteiger partial charge in [-0.3, -0.25) is 9.71 Å². The molecule has 0 aliphatic carbocycles. The van der Waals surface area contributed by atoms with Crippen LogP contribution in [-0.4, -0.2) is 13.4 Å². The molecule has 3 rings (SSSR count). The van der Waals surface area contributed by atoms with Gasteiger partial charge in [-0.05, 0) is 30.3 Å². The second-order valence-electron chi connectivity index (χ2n) is 5.17. The van der Waals surface area contributed by atoms with Crippen molar-refractivity contribution in [2.45, 2.75) is 11.1 Å². The van der Waals surface area contributed by atoms with Crippen molar-refractivity contribution in [2.75, 3.05) is 4.72 Å². The highest BCUT2D eigenvalue weighted by Gasteiger charge is 2.32. The van der Waals surface area contributed by atoms with Gasteiger partial charge in [0.2, 0.25) is 0 Å². The van der Waals surface area contributed by atoms with Gasteiger partial charge in [-0.2, -0.15) is 13.2 Å². The summed E-state index contributed by atoms with van der Waals surface area (Å²) < 4.78 is 65.6. The number of fused-ring (bicyclic) bond motifs is 1. The summed E-state index contributed by atoms with van der Waals surface area (Å²) >= 11 is 5.79. The quantitative estimate of drug-likeness (QED) is 0.709. The third kappa shape index (κ3) is 3.69. The van der Waals surface area contributed by atoms with E-state index in [-0.39, 0.29) is 10.7 Å². The number of alkyl halides is 3. The van der Waals surface area contributed by atoms with E-state index < -0.39 is 26.7 Å². The van der Waals surface area contributed by atoms with Gasteiger partial charge >= 0.3 is 6.18 Å². The average Bonchev–Trinajstić information content (AvgIpc) is 2.53. The molecule has 0 saturated heterocycles. The first-order chi connectivity index (χ1) is 11.7. The molecule has 0 atom stereocenters. The fraction of sp³-hybridized carbons (Fsp3) is 0.0625. The van der Waals surface area contributed by atoms with E-state index in [1.54, 1.807) is 24.3 Å². The standard InChI is InChI=1S/C16H10ClF3N2O2S/c17-13-6-5-11(16(18,19)20)8-15(13)25(23,24)22-12-7-10-3-1-2-4-14(10)21-9-12/h1-9,22H. The Bertz CT molecular complexity index is 1050. The van der Waals surface area contributed by atoms with E-state index >= 15 is 0 Å². The zero-order valence-corrected chi connectivity index (χ0v) is 14.0. The number of hydrogen-bond acceptors (Lipinski definition) is 3. The highest BCUT2D eigenvalue weighted by atomic mass is 35.5.